The Balaban J connectivity index is 2.28. The van der Waals surface area contributed by atoms with Crippen molar-refractivity contribution in [3.63, 3.8) is 0 Å². The number of carbonyl (C=O) groups is 5. The van der Waals surface area contributed by atoms with Crippen LogP contribution < -0.4 is 21.8 Å². The number of ether oxygens (including phenoxy) is 2. The first-order valence-electron chi connectivity index (χ1n) is 13.0. The second-order valence-electron chi connectivity index (χ2n) is 9.16. The molecule has 1 heterocycles. The maximum absolute atomic E-state index is 12.5. The van der Waals surface area contributed by atoms with Crippen LogP contribution in [0.15, 0.2) is 18.5 Å². The lowest BCUT2D eigenvalue weighted by atomic mass is 10.1. The number of nitrogens with one attached hydrogen (secondary N) is 3. The number of hydrazine groups is 1. The third-order valence-electron chi connectivity index (χ3n) is 5.98. The molecule has 0 aliphatic carbocycles. The topological polar surface area (TPSA) is 198 Å². The van der Waals surface area contributed by atoms with Crippen molar-refractivity contribution in [2.45, 2.75) is 51.4 Å². The van der Waals surface area contributed by atoms with E-state index in [1.165, 1.54) is 14.0 Å². The number of aryl methyl sites for hydroxylation is 1. The number of hydrogen-bond donors (Lipinski definition) is 5. The lowest BCUT2D eigenvalue weighted by molar-refractivity contribution is -0.148. The highest BCUT2D eigenvalue weighted by Gasteiger charge is 2.23. The quantitative estimate of drug-likeness (QED) is 0.0838. The molecule has 0 aliphatic rings. The number of nitrogens with two attached hydrogens (primary N) is 1. The zero-order valence-electron chi connectivity index (χ0n) is 23.7. The largest absolute Gasteiger partial charge is 0.480 e. The number of nitrogens with zero attached hydrogens (tertiary/aromatic N) is 3. The van der Waals surface area contributed by atoms with Gasteiger partial charge in [0.1, 0.15) is 12.1 Å². The van der Waals surface area contributed by atoms with Crippen LogP contribution in [0.25, 0.3) is 0 Å². The number of amides is 4. The number of carboxylic acid groups (broad SMARTS) is 1. The minimum atomic E-state index is -1.10. The van der Waals surface area contributed by atoms with Crippen molar-refractivity contribution in [1.82, 2.24) is 30.5 Å². The fraction of sp³-hybridized carbons (Fsp3) is 0.640. The first-order chi connectivity index (χ1) is 18.9. The van der Waals surface area contributed by atoms with E-state index in [9.17, 15) is 24.0 Å². The van der Waals surface area contributed by atoms with Crippen LogP contribution in [0.3, 0.4) is 0 Å². The molecule has 0 aliphatic heterocycles. The number of aromatic nitrogens is 1. The highest BCUT2D eigenvalue weighted by atomic mass is 16.5. The lowest BCUT2D eigenvalue weighted by Crippen LogP contribution is -2.49. The van der Waals surface area contributed by atoms with Crippen LogP contribution in [0.5, 0.6) is 0 Å². The Morgan fingerprint density at radius 1 is 1.07 bits per heavy atom. The van der Waals surface area contributed by atoms with Crippen LogP contribution in [-0.4, -0.2) is 115 Å². The molecule has 15 heteroatoms. The third-order valence-corrected chi connectivity index (χ3v) is 5.98. The number of primary amides is 1. The molecule has 0 aromatic carbocycles. The second kappa shape index (κ2) is 18.7. The maximum Gasteiger partial charge on any atom is 0.326 e. The summed E-state index contributed by atoms with van der Waals surface area (Å²) in [7, 11) is 5.16. The Labute approximate surface area is 234 Å². The summed E-state index contributed by atoms with van der Waals surface area (Å²) in [5.74, 6) is -3.10. The minimum Gasteiger partial charge on any atom is -0.480 e. The van der Waals surface area contributed by atoms with Gasteiger partial charge in [0.15, 0.2) is 0 Å². The molecule has 0 fully saturated rings. The normalized spacial score (nSPS) is 12.5. The molecule has 0 saturated carbocycles. The number of hydrogen-bond acceptors (Lipinski definition) is 9. The zero-order chi connectivity index (χ0) is 30.1. The first kappa shape index (κ1) is 34.5. The van der Waals surface area contributed by atoms with Crippen molar-refractivity contribution < 1.29 is 38.6 Å². The monoisotopic (exact) mass is 569 g/mol. The van der Waals surface area contributed by atoms with Crippen molar-refractivity contribution in [3.05, 3.63) is 24.0 Å². The van der Waals surface area contributed by atoms with Crippen LogP contribution in [0.1, 0.15) is 31.7 Å². The van der Waals surface area contributed by atoms with Crippen LogP contribution in [0.4, 0.5) is 0 Å². The summed E-state index contributed by atoms with van der Waals surface area (Å²) in [6.45, 7) is 3.33. The fourth-order valence-electron chi connectivity index (χ4n) is 3.39. The molecular formula is C25H43N7O8. The van der Waals surface area contributed by atoms with E-state index in [-0.39, 0.29) is 64.0 Å². The van der Waals surface area contributed by atoms with Crippen LogP contribution in [0, 0.1) is 0 Å². The molecule has 1 aromatic rings. The van der Waals surface area contributed by atoms with E-state index in [1.807, 2.05) is 42.1 Å². The molecule has 15 nitrogen and oxygen atoms in total. The van der Waals surface area contributed by atoms with Gasteiger partial charge >= 0.3 is 5.97 Å². The van der Waals surface area contributed by atoms with E-state index in [0.717, 1.165) is 10.5 Å². The molecule has 4 amide bonds. The molecular weight excluding hydrogens is 526 g/mol. The molecule has 1 rings (SSSR count). The predicted octanol–water partition coefficient (Wildman–Crippen LogP) is -1.72. The first-order valence-corrected chi connectivity index (χ1v) is 13.0. The van der Waals surface area contributed by atoms with Crippen molar-refractivity contribution in [2.24, 2.45) is 5.73 Å². The summed E-state index contributed by atoms with van der Waals surface area (Å²) >= 11 is 0. The Bertz CT molecular complexity index is 971. The van der Waals surface area contributed by atoms with Crippen LogP contribution in [-0.2, 0) is 46.5 Å². The van der Waals surface area contributed by atoms with Gasteiger partial charge in [-0.2, -0.15) is 0 Å². The predicted molar refractivity (Wildman–Crippen MR) is 144 cm³/mol. The molecule has 0 unspecified atom stereocenters. The Morgan fingerprint density at radius 3 is 2.38 bits per heavy atom. The number of aliphatic carboxylic acids is 1. The Morgan fingerprint density at radius 2 is 1.75 bits per heavy atom. The van der Waals surface area contributed by atoms with Gasteiger partial charge in [0.25, 0.3) is 0 Å². The molecule has 2 atom stereocenters. The summed E-state index contributed by atoms with van der Waals surface area (Å²) in [5, 5.41) is 16.0. The molecule has 1 aromatic heterocycles. The van der Waals surface area contributed by atoms with Gasteiger partial charge in [-0.15, -0.1) is 0 Å². The van der Waals surface area contributed by atoms with E-state index < -0.39 is 29.9 Å². The molecule has 0 bridgehead atoms. The van der Waals surface area contributed by atoms with Crippen LogP contribution >= 0.6 is 0 Å². The average Bonchev–Trinajstić information content (AvgIpc) is 3.35. The Hall–Kier alpha value is -3.53. The zero-order valence-corrected chi connectivity index (χ0v) is 23.7. The smallest absolute Gasteiger partial charge is 0.326 e. The number of carboxylic acids is 1. The number of carbonyl (C=O) groups excluding carboxylic acids is 4. The summed E-state index contributed by atoms with van der Waals surface area (Å²) < 4.78 is 12.6. The lowest BCUT2D eigenvalue weighted by Gasteiger charge is -2.21. The van der Waals surface area contributed by atoms with Gasteiger partial charge < -0.3 is 40.4 Å². The van der Waals surface area contributed by atoms with Crippen molar-refractivity contribution >= 4 is 29.6 Å². The van der Waals surface area contributed by atoms with Gasteiger partial charge in [-0.25, -0.2) is 9.80 Å². The van der Waals surface area contributed by atoms with Gasteiger partial charge in [-0.3, -0.25) is 24.6 Å². The van der Waals surface area contributed by atoms with Gasteiger partial charge in [0.2, 0.25) is 23.6 Å². The standard InChI is InChI=1S/C25H43N7O8/c1-18(25(37)38)31(4)23(35)7-11-39-13-14-40-12-8-28-24(36)20(15-21(26)33)29-22(34)6-10-32-9-5-19(17-32)16-30(3)27-2/h5,9,17-18,20,27H,6-8,10-16H2,1-4H3,(H2,26,33)(H,28,36)(H,29,34)(H,37,38)/t18-,20-/m0/s1. The molecule has 0 spiro atoms. The summed E-state index contributed by atoms with van der Waals surface area (Å²) in [6, 6.07) is -0.0670. The number of likely N-dealkylation sites (N-methyl/N-ethyl adjacent to an activating group) is 1. The molecule has 40 heavy (non-hydrogen) atoms. The van der Waals surface area contributed by atoms with Crippen molar-refractivity contribution in [1.29, 1.82) is 0 Å². The minimum absolute atomic E-state index is 0.0396. The average molecular weight is 570 g/mol. The van der Waals surface area contributed by atoms with Gasteiger partial charge in [-0.05, 0) is 25.6 Å². The van der Waals surface area contributed by atoms with Crippen LogP contribution in [0.2, 0.25) is 0 Å². The van der Waals surface area contributed by atoms with E-state index in [0.29, 0.717) is 13.1 Å². The van der Waals surface area contributed by atoms with E-state index in [1.54, 1.807) is 0 Å². The Kier molecular flexibility index (Phi) is 16.1. The highest BCUT2D eigenvalue weighted by molar-refractivity contribution is 5.91. The van der Waals surface area contributed by atoms with Crippen molar-refractivity contribution in [3.8, 4) is 0 Å². The fourth-order valence-corrected chi connectivity index (χ4v) is 3.39. The van der Waals surface area contributed by atoms with Gasteiger partial charge in [0.05, 0.1) is 39.3 Å². The summed E-state index contributed by atoms with van der Waals surface area (Å²) in [6.07, 6.45) is 3.61. The highest BCUT2D eigenvalue weighted by Crippen LogP contribution is 2.05. The van der Waals surface area contributed by atoms with E-state index in [4.69, 9.17) is 20.3 Å². The molecule has 0 saturated heterocycles. The molecule has 226 valence electrons. The SMILES string of the molecule is CNN(C)Cc1ccn(CCC(=O)N[C@@H](CC(N)=O)C(=O)NCCOCCOCCC(=O)N(C)[C@@H](C)C(=O)O)c1. The van der Waals surface area contributed by atoms with E-state index in [2.05, 4.69) is 16.1 Å². The van der Waals surface area contributed by atoms with E-state index >= 15 is 0 Å². The molecule has 6 N–H and O–H groups in total. The third kappa shape index (κ3) is 14.0. The maximum atomic E-state index is 12.5. The van der Waals surface area contributed by atoms with Gasteiger partial charge in [-0.1, -0.05) is 0 Å². The second-order valence-corrected chi connectivity index (χ2v) is 9.16. The van der Waals surface area contributed by atoms with Gasteiger partial charge in [0, 0.05) is 52.5 Å². The summed E-state index contributed by atoms with van der Waals surface area (Å²) in [4.78, 5) is 60.3. The summed E-state index contributed by atoms with van der Waals surface area (Å²) in [5.41, 5.74) is 9.33. The molecule has 0 radical (unpaired) electrons. The number of rotatable bonds is 21. The van der Waals surface area contributed by atoms with Crippen molar-refractivity contribution in [2.75, 3.05) is 54.1 Å².